The summed E-state index contributed by atoms with van der Waals surface area (Å²) in [6, 6.07) is 11.8. The Morgan fingerprint density at radius 2 is 1.76 bits per heavy atom. The van der Waals surface area contributed by atoms with E-state index in [2.05, 4.69) is 34.7 Å². The van der Waals surface area contributed by atoms with Crippen LogP contribution in [0, 0.1) is 42.9 Å². The summed E-state index contributed by atoms with van der Waals surface area (Å²) in [7, 11) is 0. The van der Waals surface area contributed by atoms with Crippen LogP contribution in [-0.2, 0) is 13.0 Å². The first-order valence-electron chi connectivity index (χ1n) is 17.8. The number of aromatic nitrogens is 6. The molecule has 10 rings (SSSR count). The molecule has 1 aliphatic heterocycles. The van der Waals surface area contributed by atoms with Crippen LogP contribution in [-0.4, -0.2) is 47.6 Å². The van der Waals surface area contributed by atoms with E-state index in [1.165, 1.54) is 38.5 Å². The first kappa shape index (κ1) is 31.3. The van der Waals surface area contributed by atoms with Gasteiger partial charge in [0.15, 0.2) is 22.5 Å². The Morgan fingerprint density at radius 3 is 2.46 bits per heavy atom. The molecule has 0 saturated heterocycles. The number of rotatable bonds is 8. The van der Waals surface area contributed by atoms with E-state index in [0.717, 1.165) is 74.0 Å². The molecule has 11 heteroatoms. The lowest BCUT2D eigenvalue weighted by Crippen LogP contribution is -2.48. The number of benzene rings is 1. The average molecular weight is 687 g/mol. The van der Waals surface area contributed by atoms with Crippen molar-refractivity contribution in [3.05, 3.63) is 77.3 Å². The second-order valence-electron chi connectivity index (χ2n) is 15.5. The van der Waals surface area contributed by atoms with Crippen molar-refractivity contribution < 1.29 is 9.90 Å². The van der Waals surface area contributed by atoms with Gasteiger partial charge in [0.1, 0.15) is 5.82 Å². The number of thiazole rings is 1. The number of para-hydroxylation sites is 1. The van der Waals surface area contributed by atoms with E-state index in [1.54, 1.807) is 11.3 Å². The molecule has 1 atom stereocenters. The van der Waals surface area contributed by atoms with E-state index in [0.29, 0.717) is 35.0 Å². The number of carboxylic acid groups (broad SMARTS) is 1. The number of hydrogen-bond acceptors (Lipinski definition) is 9. The van der Waals surface area contributed by atoms with Gasteiger partial charge >= 0.3 is 5.97 Å². The number of nitrogens with one attached hydrogen (secondary N) is 1. The molecule has 2 N–H and O–H groups in total. The zero-order chi connectivity index (χ0) is 34.3. The van der Waals surface area contributed by atoms with Gasteiger partial charge in [0.2, 0.25) is 0 Å². The molecule has 4 fully saturated rings. The molecule has 5 heterocycles. The second kappa shape index (κ2) is 11.7. The maximum absolute atomic E-state index is 12.8. The van der Waals surface area contributed by atoms with Gasteiger partial charge in [0.25, 0.3) is 0 Å². The molecular formula is C39H42N8O2S. The minimum Gasteiger partial charge on any atom is -0.476 e. The van der Waals surface area contributed by atoms with Crippen molar-refractivity contribution in [2.45, 2.75) is 72.3 Å². The molecule has 4 aromatic heterocycles. The molecule has 5 aromatic rings. The molecule has 1 unspecified atom stereocenters. The average Bonchev–Trinajstić information content (AvgIpc) is 3.66. The molecule has 0 spiro atoms. The number of aromatic carboxylic acids is 1. The van der Waals surface area contributed by atoms with Gasteiger partial charge in [-0.1, -0.05) is 35.6 Å². The van der Waals surface area contributed by atoms with Crippen LogP contribution in [0.2, 0.25) is 0 Å². The van der Waals surface area contributed by atoms with Gasteiger partial charge in [-0.25, -0.2) is 14.8 Å². The SMILES string of the molecule is C=C(C)C1Cc2c(nnc(Nc3nc4ccccc4s3)c2C)N(c2ccc(-c3cnn(CC45CC6CC(CC(C6)C4)C5)c3C)c(C(=O)O)n2)C1. The summed E-state index contributed by atoms with van der Waals surface area (Å²) in [4.78, 5) is 24.4. The topological polar surface area (TPSA) is 122 Å². The van der Waals surface area contributed by atoms with Crippen molar-refractivity contribution in [2.75, 3.05) is 16.8 Å². The van der Waals surface area contributed by atoms with E-state index in [4.69, 9.17) is 20.2 Å². The van der Waals surface area contributed by atoms with Crippen LogP contribution in [0.5, 0.6) is 0 Å². The van der Waals surface area contributed by atoms with E-state index >= 15 is 0 Å². The van der Waals surface area contributed by atoms with E-state index in [-0.39, 0.29) is 11.6 Å². The predicted octanol–water partition coefficient (Wildman–Crippen LogP) is 8.51. The van der Waals surface area contributed by atoms with Crippen LogP contribution in [0.25, 0.3) is 21.3 Å². The van der Waals surface area contributed by atoms with Gasteiger partial charge in [-0.05, 0) is 113 Å². The maximum Gasteiger partial charge on any atom is 0.355 e. The lowest BCUT2D eigenvalue weighted by Gasteiger charge is -2.56. The van der Waals surface area contributed by atoms with Gasteiger partial charge in [-0.3, -0.25) is 4.68 Å². The number of carboxylic acids is 1. The summed E-state index contributed by atoms with van der Waals surface area (Å²) in [6.07, 6.45) is 10.7. The number of fused-ring (bicyclic) bond motifs is 2. The number of pyridine rings is 1. The van der Waals surface area contributed by atoms with Gasteiger partial charge < -0.3 is 15.3 Å². The highest BCUT2D eigenvalue weighted by Crippen LogP contribution is 2.60. The third-order valence-electron chi connectivity index (χ3n) is 12.1. The zero-order valence-electron chi connectivity index (χ0n) is 28.8. The van der Waals surface area contributed by atoms with Crippen molar-refractivity contribution in [2.24, 2.45) is 29.1 Å². The van der Waals surface area contributed by atoms with Crippen molar-refractivity contribution >= 4 is 50.1 Å². The predicted molar refractivity (Wildman–Crippen MR) is 196 cm³/mol. The summed E-state index contributed by atoms with van der Waals surface area (Å²) in [5.74, 6) is 3.52. The fourth-order valence-electron chi connectivity index (χ4n) is 9.95. The third kappa shape index (κ3) is 5.28. The monoisotopic (exact) mass is 686 g/mol. The summed E-state index contributed by atoms with van der Waals surface area (Å²) in [5, 5.41) is 28.8. The van der Waals surface area contributed by atoms with Crippen molar-refractivity contribution in [3.63, 3.8) is 0 Å². The molecule has 256 valence electrons. The summed E-state index contributed by atoms with van der Waals surface area (Å²) < 4.78 is 3.24. The first-order valence-corrected chi connectivity index (χ1v) is 18.6. The van der Waals surface area contributed by atoms with Gasteiger partial charge in [0.05, 0.1) is 16.4 Å². The third-order valence-corrected chi connectivity index (χ3v) is 13.0. The van der Waals surface area contributed by atoms with Gasteiger partial charge in [0, 0.05) is 47.0 Å². The largest absolute Gasteiger partial charge is 0.476 e. The fourth-order valence-corrected chi connectivity index (χ4v) is 10.8. The Labute approximate surface area is 295 Å². The fraction of sp³-hybridized carbons (Fsp3) is 0.436. The Bertz CT molecular complexity index is 2120. The van der Waals surface area contributed by atoms with E-state index < -0.39 is 5.97 Å². The summed E-state index contributed by atoms with van der Waals surface area (Å²) in [5.41, 5.74) is 6.74. The van der Waals surface area contributed by atoms with Crippen LogP contribution >= 0.6 is 11.3 Å². The highest BCUT2D eigenvalue weighted by molar-refractivity contribution is 7.22. The van der Waals surface area contributed by atoms with Gasteiger partial charge in [-0.15, -0.1) is 10.2 Å². The molecule has 1 aromatic carbocycles. The van der Waals surface area contributed by atoms with Crippen molar-refractivity contribution in [1.82, 2.24) is 29.9 Å². The molecular weight excluding hydrogens is 645 g/mol. The van der Waals surface area contributed by atoms with Crippen molar-refractivity contribution in [1.29, 1.82) is 0 Å². The number of carbonyl (C=O) groups is 1. The standard InChI is InChI=1S/C39H42N8O2S/c1-21(2)27-14-29-22(3)35(43-38-41-31-7-5-6-8-32(31)50-38)44-45-36(29)46(19-27)33-10-9-28(34(42-33)37(48)49)30-18-40-47(23(30)4)20-39-15-24-11-25(16-39)13-26(12-24)17-39/h5-10,18,24-27H,1,11-17,19-20H2,2-4H3,(H,48,49)(H,41,43,44). The molecule has 4 aliphatic carbocycles. The van der Waals surface area contributed by atoms with Crippen LogP contribution in [0.3, 0.4) is 0 Å². The molecule has 50 heavy (non-hydrogen) atoms. The lowest BCUT2D eigenvalue weighted by molar-refractivity contribution is -0.0638. The number of hydrogen-bond donors (Lipinski definition) is 2. The molecule has 0 radical (unpaired) electrons. The van der Waals surface area contributed by atoms with Gasteiger partial charge in [-0.2, -0.15) is 5.10 Å². The van der Waals surface area contributed by atoms with Crippen LogP contribution in [0.4, 0.5) is 22.6 Å². The molecule has 4 bridgehead atoms. The first-order chi connectivity index (χ1) is 24.1. The van der Waals surface area contributed by atoms with E-state index in [1.807, 2.05) is 55.3 Å². The molecule has 5 aliphatic rings. The smallest absolute Gasteiger partial charge is 0.355 e. The minimum atomic E-state index is -1.07. The normalized spacial score (nSPS) is 25.2. The maximum atomic E-state index is 12.8. The molecule has 0 amide bonds. The Morgan fingerprint density at radius 1 is 1.02 bits per heavy atom. The van der Waals surface area contributed by atoms with Crippen LogP contribution < -0.4 is 10.2 Å². The van der Waals surface area contributed by atoms with Crippen LogP contribution in [0.1, 0.15) is 72.8 Å². The molecule has 10 nitrogen and oxygen atoms in total. The quantitative estimate of drug-likeness (QED) is 0.155. The summed E-state index contributed by atoms with van der Waals surface area (Å²) in [6.45, 7) is 11.9. The second-order valence-corrected chi connectivity index (χ2v) is 16.6. The Balaban J connectivity index is 1.04. The van der Waals surface area contributed by atoms with Crippen molar-refractivity contribution in [3.8, 4) is 11.1 Å². The highest BCUT2D eigenvalue weighted by Gasteiger charge is 2.51. The number of anilines is 4. The minimum absolute atomic E-state index is 0.0118. The highest BCUT2D eigenvalue weighted by atomic mass is 32.1. The van der Waals surface area contributed by atoms with E-state index in [9.17, 15) is 9.90 Å². The zero-order valence-corrected chi connectivity index (χ0v) is 29.6. The van der Waals surface area contributed by atoms with Crippen LogP contribution in [0.15, 0.2) is 54.7 Å². The molecule has 4 saturated carbocycles. The Hall–Kier alpha value is -4.64. The lowest BCUT2D eigenvalue weighted by atomic mass is 9.49. The Kier molecular flexibility index (Phi) is 7.35. The summed E-state index contributed by atoms with van der Waals surface area (Å²) >= 11 is 1.57. The number of nitrogens with zero attached hydrogens (tertiary/aromatic N) is 7.